The molecule has 4 rings (SSSR count). The summed E-state index contributed by atoms with van der Waals surface area (Å²) in [4.78, 5) is 53.3. The van der Waals surface area contributed by atoms with E-state index in [-0.39, 0.29) is 43.2 Å². The minimum absolute atomic E-state index is 0.00729. The SMILES string of the molecule is COc1ccc(-n2c(C(=O)NCC(=O)Cc3ccccc3)c3n(c2=O)C(C(C)(C)C)CN(C(=O)O)C3)cc1. The number of rotatable bonds is 7. The summed E-state index contributed by atoms with van der Waals surface area (Å²) in [6.07, 6.45) is -0.987. The van der Waals surface area contributed by atoms with Gasteiger partial charge in [-0.1, -0.05) is 51.1 Å². The molecule has 2 heterocycles. The lowest BCUT2D eigenvalue weighted by Gasteiger charge is -2.39. The standard InChI is InChI=1S/C28H32N4O6/c1-28(2,3)23-17-30(27(36)37)16-22-24(25(34)29-15-20(33)14-18-8-6-5-7-9-18)31(26(35)32(22)23)19-10-12-21(38-4)13-11-19/h5-13,23H,14-17H2,1-4H3,(H,29,34)(H,36,37). The third-order valence-electron chi connectivity index (χ3n) is 6.74. The maximum atomic E-state index is 13.9. The highest BCUT2D eigenvalue weighted by molar-refractivity contribution is 5.97. The summed E-state index contributed by atoms with van der Waals surface area (Å²) in [5.74, 6) is -0.253. The number of hydrogen-bond donors (Lipinski definition) is 2. The number of benzene rings is 2. The molecule has 38 heavy (non-hydrogen) atoms. The normalized spacial score (nSPS) is 15.1. The first-order chi connectivity index (χ1) is 18.0. The zero-order valence-electron chi connectivity index (χ0n) is 21.9. The summed E-state index contributed by atoms with van der Waals surface area (Å²) in [5, 5.41) is 12.5. The first kappa shape index (κ1) is 26.7. The first-order valence-electron chi connectivity index (χ1n) is 12.3. The van der Waals surface area contributed by atoms with Crippen LogP contribution in [0.3, 0.4) is 0 Å². The van der Waals surface area contributed by atoms with Gasteiger partial charge in [-0.3, -0.25) is 18.7 Å². The molecule has 0 saturated carbocycles. The zero-order chi connectivity index (χ0) is 27.6. The molecule has 1 aromatic heterocycles. The second-order valence-corrected chi connectivity index (χ2v) is 10.4. The van der Waals surface area contributed by atoms with Crippen LogP contribution < -0.4 is 15.7 Å². The largest absolute Gasteiger partial charge is 0.497 e. The van der Waals surface area contributed by atoms with Crippen LogP contribution in [-0.2, 0) is 17.8 Å². The topological polar surface area (TPSA) is 123 Å². The summed E-state index contributed by atoms with van der Waals surface area (Å²) >= 11 is 0. The van der Waals surface area contributed by atoms with Crippen LogP contribution in [0.5, 0.6) is 5.75 Å². The first-order valence-corrected chi connectivity index (χ1v) is 12.3. The van der Waals surface area contributed by atoms with Crippen molar-refractivity contribution >= 4 is 17.8 Å². The molecular formula is C28H32N4O6. The molecule has 2 N–H and O–H groups in total. The minimum atomic E-state index is -1.14. The molecule has 1 unspecified atom stereocenters. The second kappa shape index (κ2) is 10.6. The van der Waals surface area contributed by atoms with Gasteiger partial charge in [0, 0.05) is 13.0 Å². The van der Waals surface area contributed by atoms with Crippen LogP contribution in [-0.4, -0.2) is 57.1 Å². The average Bonchev–Trinajstić information content (AvgIpc) is 3.19. The fourth-order valence-corrected chi connectivity index (χ4v) is 4.73. The van der Waals surface area contributed by atoms with Crippen molar-refractivity contribution in [3.63, 3.8) is 0 Å². The Bertz CT molecular complexity index is 1400. The van der Waals surface area contributed by atoms with E-state index in [0.717, 1.165) is 5.56 Å². The van der Waals surface area contributed by atoms with Crippen LogP contribution in [0, 0.1) is 5.41 Å². The molecule has 0 radical (unpaired) electrons. The molecule has 0 bridgehead atoms. The molecule has 1 aliphatic heterocycles. The molecule has 10 heteroatoms. The number of carbonyl (C=O) groups excluding carboxylic acids is 2. The van der Waals surface area contributed by atoms with Crippen molar-refractivity contribution in [1.82, 2.24) is 19.4 Å². The molecule has 200 valence electrons. The molecule has 0 spiro atoms. The van der Waals surface area contributed by atoms with Crippen molar-refractivity contribution in [2.75, 3.05) is 20.2 Å². The van der Waals surface area contributed by atoms with E-state index in [1.807, 2.05) is 51.1 Å². The van der Waals surface area contributed by atoms with Gasteiger partial charge >= 0.3 is 11.8 Å². The Balaban J connectivity index is 1.78. The molecular weight excluding hydrogens is 488 g/mol. The molecule has 3 aromatic rings. The molecule has 10 nitrogen and oxygen atoms in total. The minimum Gasteiger partial charge on any atom is -0.497 e. The van der Waals surface area contributed by atoms with E-state index < -0.39 is 29.1 Å². The number of nitrogens with one attached hydrogen (secondary N) is 1. The third kappa shape index (κ3) is 5.34. The fraction of sp³-hybridized carbons (Fsp3) is 0.357. The average molecular weight is 521 g/mol. The van der Waals surface area contributed by atoms with Crippen molar-refractivity contribution in [1.29, 1.82) is 0 Å². The van der Waals surface area contributed by atoms with E-state index in [9.17, 15) is 24.3 Å². The highest BCUT2D eigenvalue weighted by atomic mass is 16.5. The van der Waals surface area contributed by atoms with Gasteiger partial charge in [0.15, 0.2) is 5.78 Å². The number of imidazole rings is 1. The van der Waals surface area contributed by atoms with Crippen LogP contribution in [0.2, 0.25) is 0 Å². The number of aromatic nitrogens is 2. The number of Topliss-reactive ketones (excluding diaryl/α,β-unsaturated/α-hetero) is 1. The quantitative estimate of drug-likeness (QED) is 0.493. The molecule has 2 aromatic carbocycles. The number of ketones is 1. The Morgan fingerprint density at radius 2 is 1.71 bits per heavy atom. The van der Waals surface area contributed by atoms with E-state index in [1.165, 1.54) is 21.1 Å². The lowest BCUT2D eigenvalue weighted by molar-refractivity contribution is -0.117. The Labute approximate surface area is 220 Å². The number of ether oxygens (including phenoxy) is 1. The monoisotopic (exact) mass is 520 g/mol. The number of methoxy groups -OCH3 is 1. The number of carboxylic acid groups (broad SMARTS) is 1. The van der Waals surface area contributed by atoms with Gasteiger partial charge in [-0.25, -0.2) is 9.59 Å². The molecule has 0 saturated heterocycles. The van der Waals surface area contributed by atoms with Crippen LogP contribution in [0.15, 0.2) is 59.4 Å². The van der Waals surface area contributed by atoms with Crippen molar-refractivity contribution in [2.24, 2.45) is 5.41 Å². The molecule has 0 aliphatic carbocycles. The molecule has 2 amide bonds. The Morgan fingerprint density at radius 1 is 1.05 bits per heavy atom. The molecule has 0 fully saturated rings. The van der Waals surface area contributed by atoms with Gasteiger partial charge in [0.25, 0.3) is 5.91 Å². The lowest BCUT2D eigenvalue weighted by Crippen LogP contribution is -2.47. The van der Waals surface area contributed by atoms with Gasteiger partial charge in [-0.05, 0) is 35.2 Å². The number of hydrogen-bond acceptors (Lipinski definition) is 5. The highest BCUT2D eigenvalue weighted by Gasteiger charge is 2.41. The highest BCUT2D eigenvalue weighted by Crippen LogP contribution is 2.36. The Kier molecular flexibility index (Phi) is 7.43. The molecule has 1 aliphatic rings. The maximum absolute atomic E-state index is 13.9. The van der Waals surface area contributed by atoms with E-state index in [4.69, 9.17) is 4.74 Å². The second-order valence-electron chi connectivity index (χ2n) is 10.4. The van der Waals surface area contributed by atoms with Crippen LogP contribution in [0.1, 0.15) is 48.6 Å². The fourth-order valence-electron chi connectivity index (χ4n) is 4.73. The predicted octanol–water partition coefficient (Wildman–Crippen LogP) is 3.27. The van der Waals surface area contributed by atoms with E-state index in [0.29, 0.717) is 11.4 Å². The molecule has 1 atom stereocenters. The zero-order valence-corrected chi connectivity index (χ0v) is 21.9. The van der Waals surface area contributed by atoms with Gasteiger partial charge < -0.3 is 20.1 Å². The lowest BCUT2D eigenvalue weighted by atomic mass is 9.85. The van der Waals surface area contributed by atoms with Gasteiger partial charge in [0.2, 0.25) is 0 Å². The third-order valence-corrected chi connectivity index (χ3v) is 6.74. The van der Waals surface area contributed by atoms with E-state index in [2.05, 4.69) is 5.32 Å². The van der Waals surface area contributed by atoms with Crippen LogP contribution in [0.25, 0.3) is 5.69 Å². The maximum Gasteiger partial charge on any atom is 0.407 e. The van der Waals surface area contributed by atoms with Crippen molar-refractivity contribution in [3.05, 3.63) is 82.0 Å². The van der Waals surface area contributed by atoms with E-state index >= 15 is 0 Å². The van der Waals surface area contributed by atoms with Crippen LogP contribution in [0.4, 0.5) is 4.79 Å². The summed E-state index contributed by atoms with van der Waals surface area (Å²) in [7, 11) is 1.53. The van der Waals surface area contributed by atoms with Crippen molar-refractivity contribution in [3.8, 4) is 11.4 Å². The number of fused-ring (bicyclic) bond motifs is 1. The summed E-state index contributed by atoms with van der Waals surface area (Å²) in [6.45, 7) is 5.50. The van der Waals surface area contributed by atoms with Gasteiger partial charge in [0.05, 0.1) is 37.6 Å². The summed E-state index contributed by atoms with van der Waals surface area (Å²) in [6, 6.07) is 15.3. The van der Waals surface area contributed by atoms with Gasteiger partial charge in [-0.15, -0.1) is 0 Å². The van der Waals surface area contributed by atoms with Crippen molar-refractivity contribution in [2.45, 2.75) is 39.8 Å². The summed E-state index contributed by atoms with van der Waals surface area (Å²) in [5.41, 5.74) is 0.607. The predicted molar refractivity (Wildman–Crippen MR) is 141 cm³/mol. The number of carbonyl (C=O) groups is 3. The number of nitrogens with zero attached hydrogens (tertiary/aromatic N) is 3. The van der Waals surface area contributed by atoms with Gasteiger partial charge in [-0.2, -0.15) is 0 Å². The Morgan fingerprint density at radius 3 is 2.29 bits per heavy atom. The van der Waals surface area contributed by atoms with Gasteiger partial charge in [0.1, 0.15) is 11.4 Å². The smallest absolute Gasteiger partial charge is 0.407 e. The Hall–Kier alpha value is -4.34. The van der Waals surface area contributed by atoms with Crippen molar-refractivity contribution < 1.29 is 24.2 Å². The van der Waals surface area contributed by atoms with E-state index in [1.54, 1.807) is 24.3 Å². The number of amides is 2. The summed E-state index contributed by atoms with van der Waals surface area (Å²) < 4.78 is 8.05. The van der Waals surface area contributed by atoms with Crippen LogP contribution >= 0.6 is 0 Å².